The Bertz CT molecular complexity index is 271. The van der Waals surface area contributed by atoms with Gasteiger partial charge in [-0.3, -0.25) is 19.8 Å². The molecule has 1 unspecified atom stereocenters. The first-order valence-electron chi connectivity index (χ1n) is 5.54. The summed E-state index contributed by atoms with van der Waals surface area (Å²) in [4.78, 5) is 23.6. The molecule has 16 heavy (non-hydrogen) atoms. The van der Waals surface area contributed by atoms with Gasteiger partial charge < -0.3 is 5.11 Å². The van der Waals surface area contributed by atoms with Crippen LogP contribution < -0.4 is 5.32 Å². The van der Waals surface area contributed by atoms with Crippen LogP contribution in [0, 0.1) is 0 Å². The van der Waals surface area contributed by atoms with Crippen molar-refractivity contribution in [2.75, 3.05) is 13.6 Å². The minimum atomic E-state index is -0.461. The topological polar surface area (TPSA) is 69.6 Å². The second kappa shape index (κ2) is 6.40. The molecule has 0 aromatic heterocycles. The summed E-state index contributed by atoms with van der Waals surface area (Å²) in [5, 5.41) is 12.0. The maximum absolute atomic E-state index is 11.2. The number of unbranched alkanes of at least 4 members (excludes halogenated alkanes) is 2. The van der Waals surface area contributed by atoms with Crippen molar-refractivity contribution in [3.8, 4) is 0 Å². The van der Waals surface area contributed by atoms with E-state index < -0.39 is 6.23 Å². The maximum atomic E-state index is 11.2. The minimum absolute atomic E-state index is 0.222. The second-order valence-corrected chi connectivity index (χ2v) is 3.82. The van der Waals surface area contributed by atoms with Gasteiger partial charge >= 0.3 is 0 Å². The van der Waals surface area contributed by atoms with Crippen molar-refractivity contribution in [1.29, 1.82) is 0 Å². The van der Waals surface area contributed by atoms with E-state index in [4.69, 9.17) is 0 Å². The van der Waals surface area contributed by atoms with Crippen molar-refractivity contribution in [3.63, 3.8) is 0 Å². The number of aliphatic hydroxyl groups excluding tert-OH is 1. The molecular weight excluding hydrogens is 208 g/mol. The van der Waals surface area contributed by atoms with Crippen molar-refractivity contribution in [2.45, 2.75) is 31.9 Å². The lowest BCUT2D eigenvalue weighted by atomic mass is 10.1. The largest absolute Gasteiger partial charge is 0.379 e. The predicted octanol–water partition coefficient (Wildman–Crippen LogP) is 0.00960. The highest BCUT2D eigenvalue weighted by Gasteiger charge is 2.22. The smallest absolute Gasteiger partial charge is 0.253 e. The Morgan fingerprint density at radius 2 is 1.88 bits per heavy atom. The first-order chi connectivity index (χ1) is 7.65. The van der Waals surface area contributed by atoms with Crippen LogP contribution in [0.3, 0.4) is 0 Å². The fourth-order valence-electron chi connectivity index (χ4n) is 1.58. The number of imide groups is 1. The van der Waals surface area contributed by atoms with Crippen LogP contribution in [0.5, 0.6) is 0 Å². The van der Waals surface area contributed by atoms with Crippen LogP contribution in [0.4, 0.5) is 0 Å². The summed E-state index contributed by atoms with van der Waals surface area (Å²) < 4.78 is 0. The average Bonchev–Trinajstić information content (AvgIpc) is 2.59. The highest BCUT2D eigenvalue weighted by Crippen LogP contribution is 2.08. The third-order valence-corrected chi connectivity index (χ3v) is 2.59. The highest BCUT2D eigenvalue weighted by molar-refractivity contribution is 6.12. The zero-order valence-corrected chi connectivity index (χ0v) is 9.48. The van der Waals surface area contributed by atoms with E-state index in [9.17, 15) is 14.7 Å². The summed E-state index contributed by atoms with van der Waals surface area (Å²) in [6, 6.07) is 0. The van der Waals surface area contributed by atoms with Gasteiger partial charge in [0.2, 0.25) is 0 Å². The van der Waals surface area contributed by atoms with E-state index in [1.807, 2.05) is 0 Å². The Morgan fingerprint density at radius 1 is 1.25 bits per heavy atom. The summed E-state index contributed by atoms with van der Waals surface area (Å²) in [6.45, 7) is 0.473. The molecule has 0 aromatic rings. The van der Waals surface area contributed by atoms with Crippen molar-refractivity contribution < 1.29 is 14.7 Å². The van der Waals surface area contributed by atoms with Crippen LogP contribution in [0.1, 0.15) is 25.7 Å². The molecule has 90 valence electrons. The van der Waals surface area contributed by atoms with E-state index in [1.165, 1.54) is 17.1 Å². The summed E-state index contributed by atoms with van der Waals surface area (Å²) in [5.74, 6) is -0.444. The molecule has 0 saturated carbocycles. The van der Waals surface area contributed by atoms with E-state index in [2.05, 4.69) is 5.32 Å². The number of nitrogens with one attached hydrogen (secondary N) is 1. The third-order valence-electron chi connectivity index (χ3n) is 2.59. The van der Waals surface area contributed by atoms with Gasteiger partial charge in [0.15, 0.2) is 0 Å². The number of amides is 2. The molecule has 1 heterocycles. The molecule has 2 N–H and O–H groups in total. The van der Waals surface area contributed by atoms with Crippen LogP contribution in [-0.4, -0.2) is 41.6 Å². The number of hydrogen-bond donors (Lipinski definition) is 2. The fourth-order valence-corrected chi connectivity index (χ4v) is 1.58. The third kappa shape index (κ3) is 3.75. The number of carbonyl (C=O) groups is 2. The standard InChI is InChI=1S/C11H18N2O3/c1-12-9(14)5-3-2-4-8-13-10(15)6-7-11(13)16/h6-7,9,12,14H,2-5,8H2,1H3. The molecule has 1 rings (SSSR count). The van der Waals surface area contributed by atoms with Crippen LogP contribution >= 0.6 is 0 Å². The van der Waals surface area contributed by atoms with Gasteiger partial charge in [0, 0.05) is 18.7 Å². The van der Waals surface area contributed by atoms with Gasteiger partial charge in [0.25, 0.3) is 11.8 Å². The normalized spacial score (nSPS) is 17.2. The van der Waals surface area contributed by atoms with E-state index in [0.29, 0.717) is 13.0 Å². The van der Waals surface area contributed by atoms with E-state index in [-0.39, 0.29) is 11.8 Å². The zero-order chi connectivity index (χ0) is 12.0. The summed E-state index contributed by atoms with van der Waals surface area (Å²) in [7, 11) is 1.71. The molecule has 1 aliphatic rings. The number of hydrogen-bond acceptors (Lipinski definition) is 4. The lowest BCUT2D eigenvalue weighted by Gasteiger charge is -2.13. The predicted molar refractivity (Wildman–Crippen MR) is 59.4 cm³/mol. The molecule has 0 radical (unpaired) electrons. The molecule has 5 heteroatoms. The molecule has 1 aliphatic heterocycles. The lowest BCUT2D eigenvalue weighted by molar-refractivity contribution is -0.136. The van der Waals surface area contributed by atoms with E-state index >= 15 is 0 Å². The zero-order valence-electron chi connectivity index (χ0n) is 9.48. The Morgan fingerprint density at radius 3 is 2.44 bits per heavy atom. The van der Waals surface area contributed by atoms with Gasteiger partial charge in [-0.1, -0.05) is 6.42 Å². The van der Waals surface area contributed by atoms with Gasteiger partial charge in [-0.15, -0.1) is 0 Å². The monoisotopic (exact) mass is 226 g/mol. The summed E-state index contributed by atoms with van der Waals surface area (Å²) >= 11 is 0. The molecular formula is C11H18N2O3. The Labute approximate surface area is 95.1 Å². The number of carbonyl (C=O) groups excluding carboxylic acids is 2. The molecule has 1 atom stereocenters. The lowest BCUT2D eigenvalue weighted by Crippen LogP contribution is -2.30. The molecule has 0 bridgehead atoms. The minimum Gasteiger partial charge on any atom is -0.379 e. The number of aliphatic hydroxyl groups is 1. The fraction of sp³-hybridized carbons (Fsp3) is 0.636. The number of nitrogens with zero attached hydrogens (tertiary/aromatic N) is 1. The molecule has 0 aliphatic carbocycles. The van der Waals surface area contributed by atoms with Crippen LogP contribution in [-0.2, 0) is 9.59 Å². The van der Waals surface area contributed by atoms with E-state index in [0.717, 1.165) is 19.3 Å². The summed E-state index contributed by atoms with van der Waals surface area (Å²) in [5.41, 5.74) is 0. The second-order valence-electron chi connectivity index (χ2n) is 3.82. The number of rotatable bonds is 7. The Balaban J connectivity index is 2.08. The highest BCUT2D eigenvalue weighted by atomic mass is 16.3. The first kappa shape index (κ1) is 12.9. The van der Waals surface area contributed by atoms with Crippen molar-refractivity contribution >= 4 is 11.8 Å². The van der Waals surface area contributed by atoms with Crippen LogP contribution in [0.15, 0.2) is 12.2 Å². The SMILES string of the molecule is CNC(O)CCCCCN1C(=O)C=CC1=O. The molecule has 0 saturated heterocycles. The van der Waals surface area contributed by atoms with Crippen molar-refractivity contribution in [2.24, 2.45) is 0 Å². The van der Waals surface area contributed by atoms with Gasteiger partial charge in [0.05, 0.1) is 0 Å². The van der Waals surface area contributed by atoms with Gasteiger partial charge in [0.1, 0.15) is 6.23 Å². The quantitative estimate of drug-likeness (QED) is 0.364. The summed E-state index contributed by atoms with van der Waals surface area (Å²) in [6.07, 6.45) is 5.39. The Kier molecular flexibility index (Phi) is 5.14. The van der Waals surface area contributed by atoms with Crippen molar-refractivity contribution in [3.05, 3.63) is 12.2 Å². The van der Waals surface area contributed by atoms with Crippen molar-refractivity contribution in [1.82, 2.24) is 10.2 Å². The van der Waals surface area contributed by atoms with Gasteiger partial charge in [-0.05, 0) is 26.3 Å². The Hall–Kier alpha value is -1.20. The molecule has 0 spiro atoms. The molecule has 0 fully saturated rings. The van der Waals surface area contributed by atoms with Crippen LogP contribution in [0.25, 0.3) is 0 Å². The average molecular weight is 226 g/mol. The van der Waals surface area contributed by atoms with Gasteiger partial charge in [-0.2, -0.15) is 0 Å². The maximum Gasteiger partial charge on any atom is 0.253 e. The van der Waals surface area contributed by atoms with Crippen LogP contribution in [0.2, 0.25) is 0 Å². The molecule has 5 nitrogen and oxygen atoms in total. The van der Waals surface area contributed by atoms with E-state index in [1.54, 1.807) is 7.05 Å². The molecule has 2 amide bonds. The first-order valence-corrected chi connectivity index (χ1v) is 5.54. The molecule has 0 aromatic carbocycles. The van der Waals surface area contributed by atoms with Gasteiger partial charge in [-0.25, -0.2) is 0 Å².